The van der Waals surface area contributed by atoms with Gasteiger partial charge in [0, 0.05) is 23.0 Å². The van der Waals surface area contributed by atoms with Crippen LogP contribution >= 0.6 is 38.9 Å². The van der Waals surface area contributed by atoms with Gasteiger partial charge in [-0.2, -0.15) is 0 Å². The molecule has 2 aromatic rings. The number of alkyl halides is 1. The molecule has 0 aliphatic heterocycles. The summed E-state index contributed by atoms with van der Waals surface area (Å²) in [6.07, 6.45) is 3.56. The maximum absolute atomic E-state index is 5.64. The number of aromatic nitrogens is 3. The van der Waals surface area contributed by atoms with Crippen LogP contribution in [-0.2, 0) is 6.42 Å². The first-order chi connectivity index (χ1) is 7.81. The van der Waals surface area contributed by atoms with Crippen molar-refractivity contribution < 1.29 is 0 Å². The largest absolute Gasteiger partial charge is 0.252 e. The zero-order valence-electron chi connectivity index (χ0n) is 8.36. The molecule has 6 heteroatoms. The molecule has 0 unspecified atom stereocenters. The Labute approximate surface area is 111 Å². The average Bonchev–Trinajstić information content (AvgIpc) is 2.75. The molecule has 2 rings (SSSR count). The predicted octanol–water partition coefficient (Wildman–Crippen LogP) is 3.53. The van der Waals surface area contributed by atoms with Gasteiger partial charge in [-0.25, -0.2) is 0 Å². The summed E-state index contributed by atoms with van der Waals surface area (Å²) >= 11 is 10.7. The highest BCUT2D eigenvalue weighted by atomic mass is 79.9. The third kappa shape index (κ3) is 2.78. The normalized spacial score (nSPS) is 10.6. The zero-order chi connectivity index (χ0) is 11.4. The maximum atomic E-state index is 5.64. The van der Waals surface area contributed by atoms with Crippen molar-refractivity contribution >= 4 is 38.9 Å². The van der Waals surface area contributed by atoms with Crippen LogP contribution in [0.3, 0.4) is 0 Å². The zero-order valence-corrected chi connectivity index (χ0v) is 11.5. The predicted molar refractivity (Wildman–Crippen MR) is 69.9 cm³/mol. The van der Waals surface area contributed by atoms with Gasteiger partial charge in [0.25, 0.3) is 0 Å². The van der Waals surface area contributed by atoms with Crippen molar-refractivity contribution in [1.82, 2.24) is 15.2 Å². The van der Waals surface area contributed by atoms with Crippen molar-refractivity contribution in [2.45, 2.75) is 12.8 Å². The molecule has 0 saturated carbocycles. The number of pyridine rings is 1. The van der Waals surface area contributed by atoms with Gasteiger partial charge < -0.3 is 0 Å². The third-order valence-electron chi connectivity index (χ3n) is 1.95. The molecule has 0 aromatic carbocycles. The van der Waals surface area contributed by atoms with Crippen molar-refractivity contribution in [2.24, 2.45) is 0 Å². The molecule has 0 spiro atoms. The Bertz CT molecular complexity index is 475. The van der Waals surface area contributed by atoms with Crippen molar-refractivity contribution in [3.63, 3.8) is 0 Å². The van der Waals surface area contributed by atoms with Gasteiger partial charge in [0.2, 0.25) is 0 Å². The van der Waals surface area contributed by atoms with Gasteiger partial charge in [0.05, 0.1) is 0 Å². The molecule has 0 aliphatic carbocycles. The lowest BCUT2D eigenvalue weighted by Crippen LogP contribution is -1.84. The van der Waals surface area contributed by atoms with Gasteiger partial charge in [-0.15, -0.1) is 21.8 Å². The van der Waals surface area contributed by atoms with Crippen molar-refractivity contribution in [3.8, 4) is 10.7 Å². The molecule has 0 aliphatic rings. The Morgan fingerprint density at radius 1 is 1.38 bits per heavy atom. The van der Waals surface area contributed by atoms with E-state index >= 15 is 0 Å². The molecule has 0 radical (unpaired) electrons. The Kier molecular flexibility index (Phi) is 4.26. The van der Waals surface area contributed by atoms with Crippen molar-refractivity contribution in [1.29, 1.82) is 0 Å². The van der Waals surface area contributed by atoms with E-state index in [2.05, 4.69) is 31.1 Å². The number of nitrogens with zero attached hydrogens (tertiary/aromatic N) is 3. The highest BCUT2D eigenvalue weighted by Crippen LogP contribution is 2.28. The van der Waals surface area contributed by atoms with E-state index in [0.717, 1.165) is 33.0 Å². The fourth-order valence-corrected chi connectivity index (χ4v) is 2.81. The minimum absolute atomic E-state index is 0.655. The smallest absolute Gasteiger partial charge is 0.167 e. The van der Waals surface area contributed by atoms with E-state index in [1.54, 1.807) is 17.5 Å². The van der Waals surface area contributed by atoms with Crippen LogP contribution in [0.2, 0.25) is 0 Å². The van der Waals surface area contributed by atoms with E-state index in [4.69, 9.17) is 11.6 Å². The first kappa shape index (κ1) is 12.0. The summed E-state index contributed by atoms with van der Waals surface area (Å²) in [7, 11) is 0. The number of hydrogen-bond donors (Lipinski definition) is 0. The highest BCUT2D eigenvalue weighted by molar-refractivity contribution is 9.10. The molecule has 0 saturated heterocycles. The van der Waals surface area contributed by atoms with E-state index in [1.807, 2.05) is 12.1 Å². The average molecular weight is 319 g/mol. The minimum atomic E-state index is 0.655. The van der Waals surface area contributed by atoms with Crippen LogP contribution in [0.5, 0.6) is 0 Å². The van der Waals surface area contributed by atoms with Crippen LogP contribution in [0.4, 0.5) is 0 Å². The Hall–Kier alpha value is -0.520. The topological polar surface area (TPSA) is 38.7 Å². The second-order valence-corrected chi connectivity index (χ2v) is 5.42. The quantitative estimate of drug-likeness (QED) is 0.809. The Morgan fingerprint density at radius 3 is 3.00 bits per heavy atom. The van der Waals surface area contributed by atoms with E-state index in [0.29, 0.717) is 5.88 Å². The van der Waals surface area contributed by atoms with Gasteiger partial charge in [0.1, 0.15) is 10.7 Å². The molecule has 84 valence electrons. The number of hydrogen-bond acceptors (Lipinski definition) is 4. The number of aryl methyl sites for hydroxylation is 1. The standard InChI is InChI=1S/C10H9BrClN3S/c11-7-3-2-6-13-9(7)10-15-14-8(16-10)4-1-5-12/h2-3,6H,1,4-5H2. The second-order valence-electron chi connectivity index (χ2n) is 3.13. The molecule has 0 N–H and O–H groups in total. The fraction of sp³-hybridized carbons (Fsp3) is 0.300. The van der Waals surface area contributed by atoms with Gasteiger partial charge in [-0.05, 0) is 34.5 Å². The summed E-state index contributed by atoms with van der Waals surface area (Å²) < 4.78 is 0.940. The third-order valence-corrected chi connectivity index (χ3v) is 3.85. The van der Waals surface area contributed by atoms with Gasteiger partial charge in [-0.3, -0.25) is 4.98 Å². The molecule has 16 heavy (non-hydrogen) atoms. The van der Waals surface area contributed by atoms with Crippen LogP contribution in [0.25, 0.3) is 10.7 Å². The first-order valence-corrected chi connectivity index (χ1v) is 6.95. The van der Waals surface area contributed by atoms with Crippen LogP contribution in [-0.4, -0.2) is 21.1 Å². The highest BCUT2D eigenvalue weighted by Gasteiger charge is 2.10. The van der Waals surface area contributed by atoms with Gasteiger partial charge in [0.15, 0.2) is 5.01 Å². The van der Waals surface area contributed by atoms with Crippen LogP contribution in [0.15, 0.2) is 22.8 Å². The molecular weight excluding hydrogens is 310 g/mol. The number of halogens is 2. The molecule has 0 amide bonds. The Morgan fingerprint density at radius 2 is 2.25 bits per heavy atom. The molecule has 0 atom stereocenters. The summed E-state index contributed by atoms with van der Waals surface area (Å²) in [6, 6.07) is 3.82. The molecule has 0 fully saturated rings. The fourth-order valence-electron chi connectivity index (χ4n) is 1.21. The van der Waals surface area contributed by atoms with Gasteiger partial charge >= 0.3 is 0 Å². The molecular formula is C10H9BrClN3S. The molecule has 2 aromatic heterocycles. The first-order valence-electron chi connectivity index (χ1n) is 4.80. The maximum Gasteiger partial charge on any atom is 0.167 e. The number of rotatable bonds is 4. The van der Waals surface area contributed by atoms with Crippen LogP contribution < -0.4 is 0 Å². The lowest BCUT2D eigenvalue weighted by molar-refractivity contribution is 0.883. The summed E-state index contributed by atoms with van der Waals surface area (Å²) in [5.41, 5.74) is 0.845. The molecule has 0 bridgehead atoms. The lowest BCUT2D eigenvalue weighted by atomic mass is 10.4. The summed E-state index contributed by atoms with van der Waals surface area (Å²) in [6.45, 7) is 0. The summed E-state index contributed by atoms with van der Waals surface area (Å²) in [5.74, 6) is 0.655. The monoisotopic (exact) mass is 317 g/mol. The van der Waals surface area contributed by atoms with Crippen molar-refractivity contribution in [3.05, 3.63) is 27.8 Å². The van der Waals surface area contributed by atoms with E-state index in [1.165, 1.54) is 0 Å². The lowest BCUT2D eigenvalue weighted by Gasteiger charge is -1.96. The van der Waals surface area contributed by atoms with Gasteiger partial charge in [-0.1, -0.05) is 11.3 Å². The van der Waals surface area contributed by atoms with Crippen LogP contribution in [0.1, 0.15) is 11.4 Å². The van der Waals surface area contributed by atoms with E-state index < -0.39 is 0 Å². The van der Waals surface area contributed by atoms with Crippen LogP contribution in [0, 0.1) is 0 Å². The van der Waals surface area contributed by atoms with Crippen molar-refractivity contribution in [2.75, 3.05) is 5.88 Å². The van der Waals surface area contributed by atoms with E-state index in [-0.39, 0.29) is 0 Å². The summed E-state index contributed by atoms with van der Waals surface area (Å²) in [5, 5.41) is 10.1. The van der Waals surface area contributed by atoms with E-state index in [9.17, 15) is 0 Å². The molecule has 2 heterocycles. The molecule has 3 nitrogen and oxygen atoms in total. The summed E-state index contributed by atoms with van der Waals surface area (Å²) in [4.78, 5) is 4.28. The minimum Gasteiger partial charge on any atom is -0.252 e. The second kappa shape index (κ2) is 5.70. The SMILES string of the molecule is ClCCCc1nnc(-c2ncccc2Br)s1. The Balaban J connectivity index is 2.22.